The van der Waals surface area contributed by atoms with Gasteiger partial charge in [-0.15, -0.1) is 0 Å². The molecule has 27 heavy (non-hydrogen) atoms. The Hall–Kier alpha value is -2.17. The van der Waals surface area contributed by atoms with E-state index in [1.165, 1.54) is 38.5 Å². The molecule has 0 spiro atoms. The number of benzene rings is 1. The van der Waals surface area contributed by atoms with Crippen molar-refractivity contribution in [1.82, 2.24) is 10.2 Å². The lowest BCUT2D eigenvalue weighted by Gasteiger charge is -2.57. The molecule has 4 bridgehead atoms. The summed E-state index contributed by atoms with van der Waals surface area (Å²) in [6, 6.07) is 5.99. The zero-order valence-electron chi connectivity index (χ0n) is 15.7. The van der Waals surface area contributed by atoms with Gasteiger partial charge < -0.3 is 5.32 Å². The zero-order chi connectivity index (χ0) is 18.8. The highest BCUT2D eigenvalue weighted by atomic mass is 16.2. The first-order chi connectivity index (χ1) is 13.0. The van der Waals surface area contributed by atoms with E-state index in [1.54, 1.807) is 31.2 Å². The second-order valence-corrected chi connectivity index (χ2v) is 9.34. The number of nitrogens with one attached hydrogen (secondary N) is 1. The van der Waals surface area contributed by atoms with Crippen LogP contribution >= 0.6 is 0 Å². The summed E-state index contributed by atoms with van der Waals surface area (Å²) in [5, 5.41) is 3.10. The van der Waals surface area contributed by atoms with E-state index in [4.69, 9.17) is 0 Å². The van der Waals surface area contributed by atoms with Gasteiger partial charge in [-0.1, -0.05) is 12.1 Å². The van der Waals surface area contributed by atoms with Crippen LogP contribution in [0.25, 0.3) is 0 Å². The van der Waals surface area contributed by atoms with Gasteiger partial charge in [0.2, 0.25) is 5.91 Å². The van der Waals surface area contributed by atoms with Crippen LogP contribution < -0.4 is 5.32 Å². The molecular weight excluding hydrogens is 340 g/mol. The van der Waals surface area contributed by atoms with E-state index < -0.39 is 6.04 Å². The Bertz CT molecular complexity index is 760. The number of carbonyl (C=O) groups excluding carboxylic acids is 3. The number of nitrogens with zero attached hydrogens (tertiary/aromatic N) is 1. The summed E-state index contributed by atoms with van der Waals surface area (Å²) in [6.45, 7) is 2.33. The van der Waals surface area contributed by atoms with Crippen molar-refractivity contribution in [2.45, 2.75) is 51.5 Å². The SMILES string of the molecule is CC(C(=O)NCC12CC3CC(CC(C3)C1)C2)N1C(=O)c2ccccc2C1=O. The normalized spacial score (nSPS) is 34.7. The predicted molar refractivity (Wildman–Crippen MR) is 100 cm³/mol. The highest BCUT2D eigenvalue weighted by Gasteiger charge is 2.51. The third kappa shape index (κ3) is 2.62. The predicted octanol–water partition coefficient (Wildman–Crippen LogP) is 3.00. The van der Waals surface area contributed by atoms with Gasteiger partial charge in [0.25, 0.3) is 11.8 Å². The van der Waals surface area contributed by atoms with E-state index in [0.717, 1.165) is 22.7 Å². The molecule has 1 aromatic carbocycles. The van der Waals surface area contributed by atoms with E-state index in [2.05, 4.69) is 5.32 Å². The van der Waals surface area contributed by atoms with Gasteiger partial charge in [-0.05, 0) is 80.8 Å². The molecule has 1 aliphatic heterocycles. The average molecular weight is 366 g/mol. The Kier molecular flexibility index (Phi) is 3.72. The molecule has 1 unspecified atom stereocenters. The Morgan fingerprint density at radius 2 is 1.52 bits per heavy atom. The summed E-state index contributed by atoms with van der Waals surface area (Å²) in [6.07, 6.45) is 7.79. The van der Waals surface area contributed by atoms with Crippen molar-refractivity contribution in [2.75, 3.05) is 6.54 Å². The second kappa shape index (κ2) is 5.91. The van der Waals surface area contributed by atoms with Crippen LogP contribution in [0, 0.1) is 23.2 Å². The maximum Gasteiger partial charge on any atom is 0.262 e. The summed E-state index contributed by atoms with van der Waals surface area (Å²) in [5.41, 5.74) is 1.03. The lowest BCUT2D eigenvalue weighted by Crippen LogP contribution is -2.54. The molecule has 5 heteroatoms. The molecular formula is C22H26N2O3. The third-order valence-corrected chi connectivity index (χ3v) is 7.39. The molecule has 1 heterocycles. The van der Waals surface area contributed by atoms with Crippen molar-refractivity contribution in [3.63, 3.8) is 0 Å². The third-order valence-electron chi connectivity index (χ3n) is 7.39. The molecule has 4 fully saturated rings. The fraction of sp³-hybridized carbons (Fsp3) is 0.591. The molecule has 1 aromatic rings. The molecule has 1 N–H and O–H groups in total. The van der Waals surface area contributed by atoms with Crippen molar-refractivity contribution in [1.29, 1.82) is 0 Å². The van der Waals surface area contributed by atoms with Crippen LogP contribution in [0.3, 0.4) is 0 Å². The van der Waals surface area contributed by atoms with E-state index in [9.17, 15) is 14.4 Å². The van der Waals surface area contributed by atoms with Crippen LogP contribution in [-0.4, -0.2) is 35.2 Å². The van der Waals surface area contributed by atoms with Gasteiger partial charge in [0, 0.05) is 6.54 Å². The van der Waals surface area contributed by atoms with Crippen molar-refractivity contribution < 1.29 is 14.4 Å². The van der Waals surface area contributed by atoms with Crippen LogP contribution in [-0.2, 0) is 4.79 Å². The van der Waals surface area contributed by atoms with Crippen molar-refractivity contribution in [3.05, 3.63) is 35.4 Å². The minimum Gasteiger partial charge on any atom is -0.354 e. The van der Waals surface area contributed by atoms with Crippen LogP contribution in [0.4, 0.5) is 0 Å². The highest BCUT2D eigenvalue weighted by Crippen LogP contribution is 2.59. The van der Waals surface area contributed by atoms with Gasteiger partial charge in [0.05, 0.1) is 11.1 Å². The zero-order valence-corrected chi connectivity index (χ0v) is 15.7. The van der Waals surface area contributed by atoms with E-state index in [-0.39, 0.29) is 23.1 Å². The number of hydrogen-bond acceptors (Lipinski definition) is 3. The number of carbonyl (C=O) groups is 3. The Labute approximate surface area is 159 Å². The van der Waals surface area contributed by atoms with Gasteiger partial charge in [-0.25, -0.2) is 0 Å². The maximum atomic E-state index is 12.8. The summed E-state index contributed by atoms with van der Waals surface area (Å²) < 4.78 is 0. The monoisotopic (exact) mass is 366 g/mol. The summed E-state index contributed by atoms with van der Waals surface area (Å²) in [5.74, 6) is 1.55. The van der Waals surface area contributed by atoms with Gasteiger partial charge in [-0.3, -0.25) is 19.3 Å². The molecule has 0 saturated heterocycles. The van der Waals surface area contributed by atoms with Crippen LogP contribution in [0.15, 0.2) is 24.3 Å². The molecule has 4 aliphatic carbocycles. The van der Waals surface area contributed by atoms with Crippen LogP contribution in [0.1, 0.15) is 66.2 Å². The number of fused-ring (bicyclic) bond motifs is 1. The van der Waals surface area contributed by atoms with E-state index in [0.29, 0.717) is 17.7 Å². The number of hydrogen-bond donors (Lipinski definition) is 1. The number of imide groups is 1. The first-order valence-corrected chi connectivity index (χ1v) is 10.2. The molecule has 1 atom stereocenters. The maximum absolute atomic E-state index is 12.8. The van der Waals surface area contributed by atoms with Crippen molar-refractivity contribution >= 4 is 17.7 Å². The standard InChI is InChI=1S/C22H26N2O3/c1-13(24-20(26)17-4-2-3-5-18(17)21(24)27)19(25)23-12-22-9-14-6-15(10-22)8-16(7-14)11-22/h2-5,13-16H,6-12H2,1H3,(H,23,25). The molecule has 5 aliphatic rings. The molecule has 142 valence electrons. The van der Waals surface area contributed by atoms with Gasteiger partial charge >= 0.3 is 0 Å². The quantitative estimate of drug-likeness (QED) is 0.833. The van der Waals surface area contributed by atoms with E-state index in [1.807, 2.05) is 0 Å². The van der Waals surface area contributed by atoms with Crippen LogP contribution in [0.5, 0.6) is 0 Å². The van der Waals surface area contributed by atoms with Crippen molar-refractivity contribution in [3.8, 4) is 0 Å². The summed E-state index contributed by atoms with van der Waals surface area (Å²) in [7, 11) is 0. The van der Waals surface area contributed by atoms with Crippen molar-refractivity contribution in [2.24, 2.45) is 23.2 Å². The molecule has 5 nitrogen and oxygen atoms in total. The average Bonchev–Trinajstić information content (AvgIpc) is 2.89. The molecule has 0 radical (unpaired) electrons. The molecule has 6 rings (SSSR count). The summed E-state index contributed by atoms with van der Waals surface area (Å²) >= 11 is 0. The Balaban J connectivity index is 1.27. The van der Waals surface area contributed by atoms with Crippen LogP contribution in [0.2, 0.25) is 0 Å². The Morgan fingerprint density at radius 1 is 1.04 bits per heavy atom. The highest BCUT2D eigenvalue weighted by molar-refractivity contribution is 6.22. The largest absolute Gasteiger partial charge is 0.354 e. The topological polar surface area (TPSA) is 66.5 Å². The molecule has 4 saturated carbocycles. The first kappa shape index (κ1) is 17.0. The van der Waals surface area contributed by atoms with Gasteiger partial charge in [0.1, 0.15) is 6.04 Å². The minimum absolute atomic E-state index is 0.222. The molecule has 3 amide bonds. The number of amides is 3. The smallest absolute Gasteiger partial charge is 0.262 e. The van der Waals surface area contributed by atoms with Gasteiger partial charge in [-0.2, -0.15) is 0 Å². The fourth-order valence-corrected chi connectivity index (χ4v) is 6.61. The first-order valence-electron chi connectivity index (χ1n) is 10.2. The summed E-state index contributed by atoms with van der Waals surface area (Å²) in [4.78, 5) is 39.1. The second-order valence-electron chi connectivity index (χ2n) is 9.34. The minimum atomic E-state index is -0.786. The number of rotatable bonds is 4. The lowest BCUT2D eigenvalue weighted by molar-refractivity contribution is -0.126. The fourth-order valence-electron chi connectivity index (χ4n) is 6.61. The Morgan fingerprint density at radius 3 is 2.00 bits per heavy atom. The van der Waals surface area contributed by atoms with E-state index >= 15 is 0 Å². The molecule has 0 aromatic heterocycles. The lowest BCUT2D eigenvalue weighted by atomic mass is 9.49. The van der Waals surface area contributed by atoms with Gasteiger partial charge in [0.15, 0.2) is 0 Å².